The van der Waals surface area contributed by atoms with Crippen molar-refractivity contribution in [2.24, 2.45) is 5.92 Å². The maximum Gasteiger partial charge on any atom is 0.137 e. The molecule has 20 heavy (non-hydrogen) atoms. The van der Waals surface area contributed by atoms with Gasteiger partial charge >= 0.3 is 0 Å². The van der Waals surface area contributed by atoms with Crippen molar-refractivity contribution in [1.29, 1.82) is 0 Å². The van der Waals surface area contributed by atoms with E-state index in [1.54, 1.807) is 0 Å². The number of hydrogen-bond acceptors (Lipinski definition) is 4. The second kappa shape index (κ2) is 5.58. The summed E-state index contributed by atoms with van der Waals surface area (Å²) in [5, 5.41) is 3.41. The second-order valence-electron chi connectivity index (χ2n) is 6.38. The largest absolute Gasteiger partial charge is 0.370 e. The van der Waals surface area contributed by atoms with Gasteiger partial charge in [0.25, 0.3) is 0 Å². The van der Waals surface area contributed by atoms with Gasteiger partial charge in [0.1, 0.15) is 17.5 Å². The van der Waals surface area contributed by atoms with E-state index in [0.717, 1.165) is 37.2 Å². The lowest BCUT2D eigenvalue weighted by atomic mass is 10.00. The van der Waals surface area contributed by atoms with Crippen molar-refractivity contribution < 1.29 is 0 Å². The highest BCUT2D eigenvalue weighted by Crippen LogP contribution is 2.40. The van der Waals surface area contributed by atoms with Crippen molar-refractivity contribution in [3.8, 4) is 0 Å². The molecule has 4 heteroatoms. The minimum absolute atomic E-state index is 0.606. The van der Waals surface area contributed by atoms with Crippen LogP contribution in [0.15, 0.2) is 0 Å². The van der Waals surface area contributed by atoms with Gasteiger partial charge in [0, 0.05) is 31.1 Å². The van der Waals surface area contributed by atoms with Gasteiger partial charge in [-0.05, 0) is 45.4 Å². The van der Waals surface area contributed by atoms with Gasteiger partial charge in [-0.15, -0.1) is 0 Å². The van der Waals surface area contributed by atoms with Crippen LogP contribution in [0.4, 0.5) is 11.6 Å². The van der Waals surface area contributed by atoms with Crippen LogP contribution in [0.25, 0.3) is 0 Å². The summed E-state index contributed by atoms with van der Waals surface area (Å²) in [5.74, 6) is 4.64. The number of rotatable bonds is 4. The summed E-state index contributed by atoms with van der Waals surface area (Å²) >= 11 is 0. The minimum Gasteiger partial charge on any atom is -0.370 e. The van der Waals surface area contributed by atoms with Gasteiger partial charge < -0.3 is 10.2 Å². The Morgan fingerprint density at radius 1 is 1.25 bits per heavy atom. The van der Waals surface area contributed by atoms with Gasteiger partial charge in [0.15, 0.2) is 0 Å². The minimum atomic E-state index is 0.606. The van der Waals surface area contributed by atoms with Crippen molar-refractivity contribution in [1.82, 2.24) is 9.97 Å². The molecule has 2 aliphatic rings. The normalized spacial score (nSPS) is 22.9. The van der Waals surface area contributed by atoms with Gasteiger partial charge in [0.2, 0.25) is 0 Å². The van der Waals surface area contributed by atoms with Gasteiger partial charge in [-0.3, -0.25) is 0 Å². The molecule has 1 aliphatic carbocycles. The van der Waals surface area contributed by atoms with Crippen molar-refractivity contribution >= 4 is 11.6 Å². The standard InChI is InChI=1S/C16H26N4/c1-4-17-14-12(3)16(19-15(18-14)13-7-8-13)20-9-5-6-11(2)10-20/h11,13H,4-10H2,1-3H3,(H,17,18,19). The molecule has 1 aromatic rings. The van der Waals surface area contributed by atoms with Crippen LogP contribution in [-0.4, -0.2) is 29.6 Å². The molecule has 1 N–H and O–H groups in total. The lowest BCUT2D eigenvalue weighted by Gasteiger charge is -2.33. The Balaban J connectivity index is 1.94. The third-order valence-corrected chi connectivity index (χ3v) is 4.38. The molecule has 0 bridgehead atoms. The third kappa shape index (κ3) is 2.74. The molecule has 110 valence electrons. The zero-order valence-electron chi connectivity index (χ0n) is 12.9. The molecule has 1 aliphatic heterocycles. The molecule has 1 aromatic heterocycles. The number of anilines is 2. The average Bonchev–Trinajstić information content (AvgIpc) is 3.26. The molecule has 2 fully saturated rings. The summed E-state index contributed by atoms with van der Waals surface area (Å²) in [6.45, 7) is 9.81. The van der Waals surface area contributed by atoms with E-state index in [-0.39, 0.29) is 0 Å². The lowest BCUT2D eigenvalue weighted by molar-refractivity contribution is 0.443. The van der Waals surface area contributed by atoms with E-state index in [0.29, 0.717) is 5.92 Å². The Labute approximate surface area is 122 Å². The highest BCUT2D eigenvalue weighted by atomic mass is 15.2. The van der Waals surface area contributed by atoms with E-state index in [1.807, 2.05) is 0 Å². The predicted molar refractivity (Wildman–Crippen MR) is 83.5 cm³/mol. The van der Waals surface area contributed by atoms with E-state index >= 15 is 0 Å². The molecular weight excluding hydrogens is 248 g/mol. The van der Waals surface area contributed by atoms with E-state index in [2.05, 4.69) is 31.0 Å². The van der Waals surface area contributed by atoms with Crippen LogP contribution < -0.4 is 10.2 Å². The van der Waals surface area contributed by atoms with Gasteiger partial charge in [-0.2, -0.15) is 0 Å². The fourth-order valence-corrected chi connectivity index (χ4v) is 3.07. The van der Waals surface area contributed by atoms with Crippen LogP contribution in [0, 0.1) is 12.8 Å². The Morgan fingerprint density at radius 3 is 2.70 bits per heavy atom. The van der Waals surface area contributed by atoms with E-state index < -0.39 is 0 Å². The van der Waals surface area contributed by atoms with Crippen molar-refractivity contribution in [3.63, 3.8) is 0 Å². The fourth-order valence-electron chi connectivity index (χ4n) is 3.07. The van der Waals surface area contributed by atoms with Gasteiger partial charge in [0.05, 0.1) is 0 Å². The average molecular weight is 274 g/mol. The van der Waals surface area contributed by atoms with E-state index in [4.69, 9.17) is 9.97 Å². The molecular formula is C16H26N4. The smallest absolute Gasteiger partial charge is 0.137 e. The van der Waals surface area contributed by atoms with Crippen molar-refractivity contribution in [2.45, 2.75) is 52.4 Å². The number of nitrogens with one attached hydrogen (secondary N) is 1. The van der Waals surface area contributed by atoms with Crippen molar-refractivity contribution in [3.05, 3.63) is 11.4 Å². The molecule has 0 spiro atoms. The van der Waals surface area contributed by atoms with E-state index in [9.17, 15) is 0 Å². The molecule has 1 saturated carbocycles. The maximum absolute atomic E-state index is 4.91. The molecule has 1 atom stereocenters. The van der Waals surface area contributed by atoms with Crippen LogP contribution in [0.3, 0.4) is 0 Å². The molecule has 1 unspecified atom stereocenters. The molecule has 2 heterocycles. The number of piperidine rings is 1. The first kappa shape index (κ1) is 13.7. The first-order chi connectivity index (χ1) is 9.69. The van der Waals surface area contributed by atoms with Crippen molar-refractivity contribution in [2.75, 3.05) is 29.9 Å². The molecule has 1 saturated heterocycles. The van der Waals surface area contributed by atoms with Crippen LogP contribution in [0.5, 0.6) is 0 Å². The summed E-state index contributed by atoms with van der Waals surface area (Å²) in [5.41, 5.74) is 1.21. The Hall–Kier alpha value is -1.32. The first-order valence-corrected chi connectivity index (χ1v) is 8.06. The fraction of sp³-hybridized carbons (Fsp3) is 0.750. The summed E-state index contributed by atoms with van der Waals surface area (Å²) in [4.78, 5) is 12.1. The quantitative estimate of drug-likeness (QED) is 0.914. The Bertz CT molecular complexity index is 482. The number of aromatic nitrogens is 2. The lowest BCUT2D eigenvalue weighted by Crippen LogP contribution is -2.35. The van der Waals surface area contributed by atoms with Crippen LogP contribution in [-0.2, 0) is 0 Å². The van der Waals surface area contributed by atoms with Gasteiger partial charge in [-0.25, -0.2) is 9.97 Å². The van der Waals surface area contributed by atoms with Gasteiger partial charge in [-0.1, -0.05) is 6.92 Å². The van der Waals surface area contributed by atoms with E-state index in [1.165, 1.54) is 37.1 Å². The SMILES string of the molecule is CCNc1nc(C2CC2)nc(N2CCCC(C)C2)c1C. The molecule has 0 amide bonds. The number of nitrogens with zero attached hydrogens (tertiary/aromatic N) is 3. The summed E-state index contributed by atoms with van der Waals surface area (Å²) in [6, 6.07) is 0. The number of hydrogen-bond donors (Lipinski definition) is 1. The molecule has 4 nitrogen and oxygen atoms in total. The molecule has 0 radical (unpaired) electrons. The summed E-state index contributed by atoms with van der Waals surface area (Å²) < 4.78 is 0. The monoisotopic (exact) mass is 274 g/mol. The summed E-state index contributed by atoms with van der Waals surface area (Å²) in [7, 11) is 0. The first-order valence-electron chi connectivity index (χ1n) is 8.06. The topological polar surface area (TPSA) is 41.1 Å². The Kier molecular flexibility index (Phi) is 3.81. The zero-order chi connectivity index (χ0) is 14.1. The molecule has 0 aromatic carbocycles. The Morgan fingerprint density at radius 2 is 2.05 bits per heavy atom. The predicted octanol–water partition coefficient (Wildman–Crippen LogP) is 3.33. The van der Waals surface area contributed by atoms with Crippen LogP contribution >= 0.6 is 0 Å². The molecule has 3 rings (SSSR count). The third-order valence-electron chi connectivity index (χ3n) is 4.38. The zero-order valence-corrected chi connectivity index (χ0v) is 12.9. The van der Waals surface area contributed by atoms with Crippen LogP contribution in [0.1, 0.15) is 56.8 Å². The highest BCUT2D eigenvalue weighted by Gasteiger charge is 2.29. The van der Waals surface area contributed by atoms with Crippen LogP contribution in [0.2, 0.25) is 0 Å². The second-order valence-corrected chi connectivity index (χ2v) is 6.38. The maximum atomic E-state index is 4.91. The summed E-state index contributed by atoms with van der Waals surface area (Å²) in [6.07, 6.45) is 5.13. The highest BCUT2D eigenvalue weighted by molar-refractivity contribution is 5.59.